The molecule has 0 radical (unpaired) electrons. The van der Waals surface area contributed by atoms with Crippen molar-refractivity contribution >= 4 is 17.5 Å². The van der Waals surface area contributed by atoms with Crippen LogP contribution in [0.1, 0.15) is 30.0 Å². The Morgan fingerprint density at radius 3 is 2.64 bits per heavy atom. The summed E-state index contributed by atoms with van der Waals surface area (Å²) < 4.78 is 10.7. The van der Waals surface area contributed by atoms with E-state index < -0.39 is 0 Å². The van der Waals surface area contributed by atoms with Crippen LogP contribution < -0.4 is 9.47 Å². The van der Waals surface area contributed by atoms with Gasteiger partial charge >= 0.3 is 0 Å². The van der Waals surface area contributed by atoms with Gasteiger partial charge in [0.25, 0.3) is 0 Å². The first kappa shape index (κ1) is 17.6. The maximum absolute atomic E-state index is 12.8. The number of halogens is 1. The molecule has 1 atom stereocenters. The van der Waals surface area contributed by atoms with Crippen LogP contribution in [0, 0.1) is 0 Å². The van der Waals surface area contributed by atoms with Crippen molar-refractivity contribution in [1.82, 2.24) is 4.90 Å². The highest BCUT2D eigenvalue weighted by molar-refractivity contribution is 6.31. The molecule has 0 aliphatic carbocycles. The zero-order chi connectivity index (χ0) is 17.8. The summed E-state index contributed by atoms with van der Waals surface area (Å²) in [4.78, 5) is 14.8. The lowest BCUT2D eigenvalue weighted by molar-refractivity contribution is -0.131. The minimum atomic E-state index is 0.0646. The first-order valence-electron chi connectivity index (χ1n) is 8.39. The van der Waals surface area contributed by atoms with Gasteiger partial charge in [-0.05, 0) is 42.2 Å². The number of amides is 1. The number of hydrogen-bond donors (Lipinski definition) is 0. The molecule has 1 aliphatic rings. The molecular weight excluding hydrogens is 338 g/mol. The van der Waals surface area contributed by atoms with Crippen molar-refractivity contribution in [3.63, 3.8) is 0 Å². The van der Waals surface area contributed by atoms with Crippen LogP contribution in [-0.2, 0) is 11.2 Å². The zero-order valence-electron chi connectivity index (χ0n) is 14.5. The van der Waals surface area contributed by atoms with E-state index in [4.69, 9.17) is 21.1 Å². The van der Waals surface area contributed by atoms with Crippen LogP contribution in [0.3, 0.4) is 0 Å². The fourth-order valence-corrected chi connectivity index (χ4v) is 3.58. The van der Waals surface area contributed by atoms with Gasteiger partial charge in [0, 0.05) is 11.6 Å². The Balaban J connectivity index is 1.80. The molecule has 2 aromatic rings. The molecule has 0 spiro atoms. The molecule has 1 amide bonds. The second-order valence-corrected chi connectivity index (χ2v) is 6.53. The fourth-order valence-electron chi connectivity index (χ4n) is 3.38. The molecule has 3 rings (SSSR count). The van der Waals surface area contributed by atoms with E-state index in [-0.39, 0.29) is 11.9 Å². The van der Waals surface area contributed by atoms with Crippen LogP contribution in [0.25, 0.3) is 0 Å². The summed E-state index contributed by atoms with van der Waals surface area (Å²) in [5, 5.41) is 0.637. The van der Waals surface area contributed by atoms with Crippen LogP contribution in [-0.4, -0.2) is 31.6 Å². The summed E-state index contributed by atoms with van der Waals surface area (Å²) in [6, 6.07) is 13.4. The van der Waals surface area contributed by atoms with Crippen molar-refractivity contribution < 1.29 is 14.3 Å². The number of hydrogen-bond acceptors (Lipinski definition) is 3. The molecule has 132 valence electrons. The molecule has 2 aromatic carbocycles. The van der Waals surface area contributed by atoms with Gasteiger partial charge in [-0.2, -0.15) is 0 Å². The Morgan fingerprint density at radius 1 is 1.16 bits per heavy atom. The molecule has 0 saturated carbocycles. The Kier molecular flexibility index (Phi) is 5.49. The molecule has 4 nitrogen and oxygen atoms in total. The summed E-state index contributed by atoms with van der Waals surface area (Å²) in [6.07, 6.45) is 2.26. The van der Waals surface area contributed by atoms with E-state index >= 15 is 0 Å². The standard InChI is InChI=1S/C20H22ClNO3/c1-24-18-10-9-15(12-19(18)25-2)17-8-5-11-22(17)20(23)13-14-6-3-4-7-16(14)21/h3-4,6-7,9-10,12,17H,5,8,11,13H2,1-2H3. The predicted molar refractivity (Wildman–Crippen MR) is 98.4 cm³/mol. The molecule has 0 aromatic heterocycles. The van der Waals surface area contributed by atoms with Crippen molar-refractivity contribution in [3.8, 4) is 11.5 Å². The third-order valence-corrected chi connectivity index (χ3v) is 5.03. The number of carbonyl (C=O) groups is 1. The van der Waals surface area contributed by atoms with Crippen LogP contribution >= 0.6 is 11.6 Å². The number of carbonyl (C=O) groups excluding carboxylic acids is 1. The van der Waals surface area contributed by atoms with Crippen molar-refractivity contribution in [1.29, 1.82) is 0 Å². The highest BCUT2D eigenvalue weighted by atomic mass is 35.5. The van der Waals surface area contributed by atoms with Gasteiger partial charge in [0.2, 0.25) is 5.91 Å². The molecule has 25 heavy (non-hydrogen) atoms. The highest BCUT2D eigenvalue weighted by Crippen LogP contribution is 2.37. The fraction of sp³-hybridized carbons (Fsp3) is 0.350. The maximum Gasteiger partial charge on any atom is 0.227 e. The van der Waals surface area contributed by atoms with E-state index in [1.165, 1.54) is 0 Å². The molecular formula is C20H22ClNO3. The molecule has 1 fully saturated rings. The molecule has 0 bridgehead atoms. The van der Waals surface area contributed by atoms with Gasteiger partial charge in [-0.1, -0.05) is 35.9 Å². The number of methoxy groups -OCH3 is 2. The average Bonchev–Trinajstić information content (AvgIpc) is 3.13. The average molecular weight is 360 g/mol. The molecule has 1 heterocycles. The third kappa shape index (κ3) is 3.74. The minimum Gasteiger partial charge on any atom is -0.493 e. The third-order valence-electron chi connectivity index (χ3n) is 4.67. The monoisotopic (exact) mass is 359 g/mol. The van der Waals surface area contributed by atoms with E-state index in [0.717, 1.165) is 30.5 Å². The van der Waals surface area contributed by atoms with E-state index in [0.29, 0.717) is 22.9 Å². The Labute approximate surface area is 153 Å². The van der Waals surface area contributed by atoms with E-state index in [1.807, 2.05) is 47.4 Å². The summed E-state index contributed by atoms with van der Waals surface area (Å²) in [7, 11) is 3.24. The first-order valence-corrected chi connectivity index (χ1v) is 8.76. The maximum atomic E-state index is 12.8. The van der Waals surface area contributed by atoms with E-state index in [1.54, 1.807) is 14.2 Å². The minimum absolute atomic E-state index is 0.0646. The second kappa shape index (κ2) is 7.79. The highest BCUT2D eigenvalue weighted by Gasteiger charge is 2.30. The Bertz CT molecular complexity index is 762. The van der Waals surface area contributed by atoms with Crippen molar-refractivity contribution in [2.24, 2.45) is 0 Å². The van der Waals surface area contributed by atoms with E-state index in [2.05, 4.69) is 0 Å². The van der Waals surface area contributed by atoms with Gasteiger partial charge in [-0.25, -0.2) is 0 Å². The van der Waals surface area contributed by atoms with Gasteiger partial charge in [0.1, 0.15) is 0 Å². The topological polar surface area (TPSA) is 38.8 Å². The lowest BCUT2D eigenvalue weighted by Gasteiger charge is -2.26. The quantitative estimate of drug-likeness (QED) is 0.800. The molecule has 1 aliphatic heterocycles. The number of benzene rings is 2. The molecule has 1 unspecified atom stereocenters. The van der Waals surface area contributed by atoms with Crippen molar-refractivity contribution in [3.05, 3.63) is 58.6 Å². The van der Waals surface area contributed by atoms with E-state index in [9.17, 15) is 4.79 Å². The van der Waals surface area contributed by atoms with Gasteiger partial charge in [-0.3, -0.25) is 4.79 Å². The number of ether oxygens (including phenoxy) is 2. The van der Waals surface area contributed by atoms with Crippen LogP contribution in [0.15, 0.2) is 42.5 Å². The van der Waals surface area contributed by atoms with Crippen LogP contribution in [0.5, 0.6) is 11.5 Å². The summed E-state index contributed by atoms with van der Waals surface area (Å²) >= 11 is 6.20. The van der Waals surface area contributed by atoms with Crippen LogP contribution in [0.4, 0.5) is 0 Å². The first-order chi connectivity index (χ1) is 12.1. The summed E-state index contributed by atoms with van der Waals surface area (Å²) in [5.74, 6) is 1.48. The molecule has 0 N–H and O–H groups in total. The van der Waals surface area contributed by atoms with Gasteiger partial charge in [0.05, 0.1) is 26.7 Å². The van der Waals surface area contributed by atoms with Gasteiger partial charge in [0.15, 0.2) is 11.5 Å². The Hall–Kier alpha value is -2.20. The second-order valence-electron chi connectivity index (χ2n) is 6.13. The normalized spacial score (nSPS) is 16.8. The lowest BCUT2D eigenvalue weighted by Crippen LogP contribution is -2.31. The Morgan fingerprint density at radius 2 is 1.92 bits per heavy atom. The largest absolute Gasteiger partial charge is 0.493 e. The van der Waals surface area contributed by atoms with Gasteiger partial charge < -0.3 is 14.4 Å². The lowest BCUT2D eigenvalue weighted by atomic mass is 10.0. The van der Waals surface area contributed by atoms with Crippen molar-refractivity contribution in [2.75, 3.05) is 20.8 Å². The van der Waals surface area contributed by atoms with Gasteiger partial charge in [-0.15, -0.1) is 0 Å². The SMILES string of the molecule is COc1ccc(C2CCCN2C(=O)Cc2ccccc2Cl)cc1OC. The summed E-state index contributed by atoms with van der Waals surface area (Å²) in [5.41, 5.74) is 1.94. The van der Waals surface area contributed by atoms with Crippen LogP contribution in [0.2, 0.25) is 5.02 Å². The van der Waals surface area contributed by atoms with Crippen molar-refractivity contribution in [2.45, 2.75) is 25.3 Å². The summed E-state index contributed by atoms with van der Waals surface area (Å²) in [6.45, 7) is 0.766. The molecule has 1 saturated heterocycles. The zero-order valence-corrected chi connectivity index (χ0v) is 15.3. The predicted octanol–water partition coefficient (Wildman–Crippen LogP) is 4.26. The number of rotatable bonds is 5. The number of nitrogens with zero attached hydrogens (tertiary/aromatic N) is 1. The molecule has 5 heteroatoms. The number of likely N-dealkylation sites (tertiary alicyclic amines) is 1. The smallest absolute Gasteiger partial charge is 0.227 e.